The normalized spacial score (nSPS) is 17.1. The van der Waals surface area contributed by atoms with E-state index in [2.05, 4.69) is 58.3 Å². The van der Waals surface area contributed by atoms with E-state index >= 15 is 0 Å². The summed E-state index contributed by atoms with van der Waals surface area (Å²) in [5, 5.41) is 6.88. The largest absolute Gasteiger partial charge is 0.497 e. The second-order valence-electron chi connectivity index (χ2n) is 7.56. The molecule has 0 aromatic heterocycles. The third-order valence-corrected chi connectivity index (χ3v) is 5.34. The zero-order chi connectivity index (χ0) is 19.6. The number of guanidine groups is 1. The van der Waals surface area contributed by atoms with Crippen LogP contribution in [0.4, 0.5) is 5.69 Å². The molecule has 0 bridgehead atoms. The number of methoxy groups -OCH3 is 1. The Morgan fingerprint density at radius 1 is 1.11 bits per heavy atom. The minimum atomic E-state index is 0.419. The molecular weight excluding hydrogens is 338 g/mol. The van der Waals surface area contributed by atoms with E-state index in [0.717, 1.165) is 57.4 Å². The number of aliphatic imine (C=N–C) groups is 1. The molecule has 1 heterocycles. The molecule has 6 nitrogen and oxygen atoms in total. The fraction of sp³-hybridized carbons (Fsp3) is 0.667. The van der Waals surface area contributed by atoms with Crippen molar-refractivity contribution in [3.63, 3.8) is 0 Å². The van der Waals surface area contributed by atoms with Crippen molar-refractivity contribution in [1.29, 1.82) is 0 Å². The molecule has 1 atom stereocenters. The molecule has 6 heteroatoms. The Hall–Kier alpha value is -1.95. The van der Waals surface area contributed by atoms with Crippen molar-refractivity contribution in [1.82, 2.24) is 15.5 Å². The summed E-state index contributed by atoms with van der Waals surface area (Å²) in [6.45, 7) is 13.1. The van der Waals surface area contributed by atoms with Crippen molar-refractivity contribution in [2.24, 2.45) is 10.9 Å². The van der Waals surface area contributed by atoms with Gasteiger partial charge in [0, 0.05) is 51.5 Å². The fourth-order valence-electron chi connectivity index (χ4n) is 3.11. The summed E-state index contributed by atoms with van der Waals surface area (Å²) in [6.07, 6.45) is 1.12. The van der Waals surface area contributed by atoms with Gasteiger partial charge in [0.05, 0.1) is 7.11 Å². The topological polar surface area (TPSA) is 52.1 Å². The van der Waals surface area contributed by atoms with E-state index in [4.69, 9.17) is 4.74 Å². The predicted molar refractivity (Wildman–Crippen MR) is 115 cm³/mol. The molecular formula is C21H37N5O. The third-order valence-electron chi connectivity index (χ3n) is 5.34. The van der Waals surface area contributed by atoms with Gasteiger partial charge in [-0.25, -0.2) is 0 Å². The lowest BCUT2D eigenvalue weighted by Gasteiger charge is -2.36. The van der Waals surface area contributed by atoms with E-state index in [1.807, 2.05) is 19.2 Å². The van der Waals surface area contributed by atoms with Crippen LogP contribution in [0.15, 0.2) is 29.3 Å². The summed E-state index contributed by atoms with van der Waals surface area (Å²) in [6, 6.07) is 8.79. The van der Waals surface area contributed by atoms with Gasteiger partial charge in [0.15, 0.2) is 5.96 Å². The molecule has 1 aliphatic heterocycles. The minimum Gasteiger partial charge on any atom is -0.497 e. The number of nitrogens with zero attached hydrogens (tertiary/aromatic N) is 3. The zero-order valence-electron chi connectivity index (χ0n) is 17.7. The van der Waals surface area contributed by atoms with Crippen LogP contribution < -0.4 is 20.3 Å². The zero-order valence-corrected chi connectivity index (χ0v) is 17.7. The molecule has 2 N–H and O–H groups in total. The molecule has 0 spiro atoms. The second-order valence-corrected chi connectivity index (χ2v) is 7.56. The summed E-state index contributed by atoms with van der Waals surface area (Å²) in [5.74, 6) is 2.41. The first kappa shape index (κ1) is 21.4. The van der Waals surface area contributed by atoms with Gasteiger partial charge in [0.1, 0.15) is 5.75 Å². The number of nitrogens with one attached hydrogen (secondary N) is 2. The maximum absolute atomic E-state index is 5.24. The maximum Gasteiger partial charge on any atom is 0.191 e. The first-order chi connectivity index (χ1) is 13.0. The number of hydrogen-bond acceptors (Lipinski definition) is 4. The van der Waals surface area contributed by atoms with E-state index in [0.29, 0.717) is 12.0 Å². The SMILES string of the molecule is CN=C(NCCCN1CCN(c2ccc(OC)cc2)CC1)NC(C)C(C)C. The smallest absolute Gasteiger partial charge is 0.191 e. The summed E-state index contributed by atoms with van der Waals surface area (Å²) in [7, 11) is 3.54. The number of piperazine rings is 1. The number of benzene rings is 1. The van der Waals surface area contributed by atoms with E-state index in [1.54, 1.807) is 7.11 Å². The molecule has 1 fully saturated rings. The lowest BCUT2D eigenvalue weighted by atomic mass is 10.1. The third kappa shape index (κ3) is 6.94. The number of rotatable bonds is 8. The monoisotopic (exact) mass is 375 g/mol. The Labute approximate surface area is 165 Å². The summed E-state index contributed by atoms with van der Waals surface area (Å²) < 4.78 is 5.24. The Morgan fingerprint density at radius 2 is 1.78 bits per heavy atom. The van der Waals surface area contributed by atoms with Crippen LogP contribution >= 0.6 is 0 Å². The second kappa shape index (κ2) is 11.0. The molecule has 0 radical (unpaired) electrons. The molecule has 0 amide bonds. The molecule has 2 rings (SSSR count). The average molecular weight is 376 g/mol. The number of hydrogen-bond donors (Lipinski definition) is 2. The molecule has 1 aromatic carbocycles. The lowest BCUT2D eigenvalue weighted by Crippen LogP contribution is -2.47. The molecule has 0 aliphatic carbocycles. The number of anilines is 1. The van der Waals surface area contributed by atoms with E-state index in [9.17, 15) is 0 Å². The highest BCUT2D eigenvalue weighted by atomic mass is 16.5. The van der Waals surface area contributed by atoms with E-state index < -0.39 is 0 Å². The Morgan fingerprint density at radius 3 is 2.33 bits per heavy atom. The van der Waals surface area contributed by atoms with Gasteiger partial charge >= 0.3 is 0 Å². The Kier molecular flexibility index (Phi) is 8.72. The highest BCUT2D eigenvalue weighted by molar-refractivity contribution is 5.79. The summed E-state index contributed by atoms with van der Waals surface area (Å²) in [4.78, 5) is 9.32. The van der Waals surface area contributed by atoms with Gasteiger partial charge in [-0.3, -0.25) is 9.89 Å². The van der Waals surface area contributed by atoms with Gasteiger partial charge in [0.2, 0.25) is 0 Å². The standard InChI is InChI=1S/C21H37N5O/c1-17(2)18(3)24-21(22-4)23-11-6-12-25-13-15-26(16-14-25)19-7-9-20(27-5)10-8-19/h7-10,17-18H,6,11-16H2,1-5H3,(H2,22,23,24). The van der Waals surface area contributed by atoms with Crippen LogP contribution in [0.5, 0.6) is 5.75 Å². The van der Waals surface area contributed by atoms with Crippen LogP contribution in [-0.4, -0.2) is 70.3 Å². The van der Waals surface area contributed by atoms with Crippen LogP contribution in [0.3, 0.4) is 0 Å². The molecule has 27 heavy (non-hydrogen) atoms. The lowest BCUT2D eigenvalue weighted by molar-refractivity contribution is 0.255. The van der Waals surface area contributed by atoms with E-state index in [1.165, 1.54) is 5.69 Å². The Balaban J connectivity index is 1.64. The molecule has 1 saturated heterocycles. The predicted octanol–water partition coefficient (Wildman–Crippen LogP) is 2.42. The molecule has 1 aromatic rings. The van der Waals surface area contributed by atoms with Crippen LogP contribution in [0.1, 0.15) is 27.2 Å². The van der Waals surface area contributed by atoms with Crippen LogP contribution in [0.2, 0.25) is 0 Å². The highest BCUT2D eigenvalue weighted by Gasteiger charge is 2.17. The summed E-state index contributed by atoms with van der Waals surface area (Å²) >= 11 is 0. The summed E-state index contributed by atoms with van der Waals surface area (Å²) in [5.41, 5.74) is 1.28. The van der Waals surface area contributed by atoms with Crippen molar-refractivity contribution in [3.8, 4) is 5.75 Å². The first-order valence-corrected chi connectivity index (χ1v) is 10.1. The molecule has 152 valence electrons. The van der Waals surface area contributed by atoms with Gasteiger partial charge < -0.3 is 20.3 Å². The van der Waals surface area contributed by atoms with Gasteiger partial charge in [-0.05, 0) is 50.1 Å². The minimum absolute atomic E-state index is 0.419. The average Bonchev–Trinajstić information content (AvgIpc) is 2.70. The highest BCUT2D eigenvalue weighted by Crippen LogP contribution is 2.20. The maximum atomic E-state index is 5.24. The number of ether oxygens (including phenoxy) is 1. The quantitative estimate of drug-likeness (QED) is 0.415. The van der Waals surface area contributed by atoms with Gasteiger partial charge in [-0.2, -0.15) is 0 Å². The van der Waals surface area contributed by atoms with Crippen molar-refractivity contribution >= 4 is 11.6 Å². The van der Waals surface area contributed by atoms with Crippen molar-refractivity contribution < 1.29 is 4.74 Å². The molecule has 1 aliphatic rings. The Bertz CT molecular complexity index is 564. The van der Waals surface area contributed by atoms with Gasteiger partial charge in [-0.1, -0.05) is 13.8 Å². The molecule has 0 saturated carbocycles. The molecule has 1 unspecified atom stereocenters. The van der Waals surface area contributed by atoms with Gasteiger partial charge in [0.25, 0.3) is 0 Å². The van der Waals surface area contributed by atoms with Gasteiger partial charge in [-0.15, -0.1) is 0 Å². The van der Waals surface area contributed by atoms with Crippen LogP contribution in [0, 0.1) is 5.92 Å². The van der Waals surface area contributed by atoms with Crippen LogP contribution in [-0.2, 0) is 0 Å². The fourth-order valence-corrected chi connectivity index (χ4v) is 3.11. The van der Waals surface area contributed by atoms with Crippen molar-refractivity contribution in [2.75, 3.05) is 58.3 Å². The van der Waals surface area contributed by atoms with Crippen LogP contribution in [0.25, 0.3) is 0 Å². The first-order valence-electron chi connectivity index (χ1n) is 10.1. The van der Waals surface area contributed by atoms with Crippen molar-refractivity contribution in [3.05, 3.63) is 24.3 Å². The van der Waals surface area contributed by atoms with E-state index in [-0.39, 0.29) is 0 Å². The van der Waals surface area contributed by atoms with Crippen molar-refractivity contribution in [2.45, 2.75) is 33.2 Å².